The molecule has 3 heteroatoms. The maximum absolute atomic E-state index is 15.4. The van der Waals surface area contributed by atoms with Crippen molar-refractivity contribution >= 4 is 0 Å². The Kier molecular flexibility index (Phi) is 5.79. The Morgan fingerprint density at radius 3 is 1.90 bits per heavy atom. The average molecular weight is 398 g/mol. The number of rotatable bonds is 8. The Hall–Kier alpha value is -1.74. The first-order valence-corrected chi connectivity index (χ1v) is 11.2. The van der Waals surface area contributed by atoms with Crippen LogP contribution in [0.1, 0.15) is 74.1 Å². The van der Waals surface area contributed by atoms with E-state index >= 15 is 8.78 Å². The van der Waals surface area contributed by atoms with Gasteiger partial charge in [0, 0.05) is 12.6 Å². The number of alkyl halides is 2. The summed E-state index contributed by atoms with van der Waals surface area (Å²) in [7, 11) is 2.13. The summed E-state index contributed by atoms with van der Waals surface area (Å²) in [6.07, 6.45) is 5.80. The van der Waals surface area contributed by atoms with Crippen LogP contribution in [0.5, 0.6) is 0 Å². The summed E-state index contributed by atoms with van der Waals surface area (Å²) in [5.74, 6) is 0. The smallest absolute Gasteiger partial charge is 0.136 e. The largest absolute Gasteiger partial charge is 0.299 e. The zero-order valence-electron chi connectivity index (χ0n) is 17.8. The number of hydrogen-bond acceptors (Lipinski definition) is 1. The van der Waals surface area contributed by atoms with E-state index in [2.05, 4.69) is 43.1 Å². The maximum Gasteiger partial charge on any atom is 0.136 e. The van der Waals surface area contributed by atoms with Crippen molar-refractivity contribution in [1.82, 2.24) is 4.90 Å². The van der Waals surface area contributed by atoms with Crippen molar-refractivity contribution < 1.29 is 8.78 Å². The van der Waals surface area contributed by atoms with Crippen LogP contribution in [0.2, 0.25) is 0 Å². The van der Waals surface area contributed by atoms with E-state index in [4.69, 9.17) is 0 Å². The van der Waals surface area contributed by atoms with E-state index in [1.54, 1.807) is 0 Å². The predicted molar refractivity (Wildman–Crippen MR) is 115 cm³/mol. The minimum Gasteiger partial charge on any atom is -0.299 e. The lowest BCUT2D eigenvalue weighted by molar-refractivity contribution is 0.0512. The molecule has 2 saturated carbocycles. The van der Waals surface area contributed by atoms with Gasteiger partial charge < -0.3 is 0 Å². The molecule has 0 aromatic heterocycles. The van der Waals surface area contributed by atoms with Crippen LogP contribution in [0.3, 0.4) is 0 Å². The molecule has 0 heterocycles. The maximum atomic E-state index is 15.4. The zero-order chi connectivity index (χ0) is 20.5. The molecule has 0 bridgehead atoms. The standard InChI is InChI=1S/C26H33F2N/c1-20(29(2)19-21-9-4-3-5-10-21)13-14-22-23(25(27)15-7-16-25)11-6-12-24(22)26(28)17-8-18-26/h3-6,9-12,20H,7-8,13-19H2,1-2H3. The zero-order valence-corrected chi connectivity index (χ0v) is 17.8. The van der Waals surface area contributed by atoms with Crippen molar-refractivity contribution in [1.29, 1.82) is 0 Å². The second-order valence-corrected chi connectivity index (χ2v) is 9.26. The molecular weight excluding hydrogens is 364 g/mol. The molecule has 156 valence electrons. The lowest BCUT2D eigenvalue weighted by Crippen LogP contribution is -2.35. The van der Waals surface area contributed by atoms with Gasteiger partial charge in [-0.2, -0.15) is 0 Å². The fourth-order valence-electron chi connectivity index (χ4n) is 4.81. The minimum absolute atomic E-state index is 0.338. The van der Waals surface area contributed by atoms with Gasteiger partial charge in [0.1, 0.15) is 11.3 Å². The van der Waals surface area contributed by atoms with Crippen molar-refractivity contribution in [3.63, 3.8) is 0 Å². The fourth-order valence-corrected chi connectivity index (χ4v) is 4.81. The molecule has 0 saturated heterocycles. The highest BCUT2D eigenvalue weighted by atomic mass is 19.1. The predicted octanol–water partition coefficient (Wildman–Crippen LogP) is 6.84. The molecule has 4 rings (SSSR count). The molecule has 0 spiro atoms. The molecule has 0 radical (unpaired) electrons. The molecule has 0 aliphatic heterocycles. The van der Waals surface area contributed by atoms with Crippen LogP contribution in [0, 0.1) is 0 Å². The van der Waals surface area contributed by atoms with E-state index in [9.17, 15) is 0 Å². The van der Waals surface area contributed by atoms with E-state index in [1.807, 2.05) is 24.3 Å². The van der Waals surface area contributed by atoms with Crippen LogP contribution < -0.4 is 0 Å². The SMILES string of the molecule is CC(CCc1c(C2(F)CCC2)cccc1C1(F)CCC1)N(C)Cc1ccccc1. The topological polar surface area (TPSA) is 3.24 Å². The van der Waals surface area contributed by atoms with Crippen LogP contribution in [-0.2, 0) is 24.3 Å². The second-order valence-electron chi connectivity index (χ2n) is 9.26. The van der Waals surface area contributed by atoms with Gasteiger partial charge in [0.2, 0.25) is 0 Å². The van der Waals surface area contributed by atoms with Crippen LogP contribution in [0.25, 0.3) is 0 Å². The second kappa shape index (κ2) is 8.18. The van der Waals surface area contributed by atoms with Gasteiger partial charge in [-0.3, -0.25) is 4.90 Å². The van der Waals surface area contributed by atoms with E-state index in [-0.39, 0.29) is 0 Å². The van der Waals surface area contributed by atoms with Gasteiger partial charge in [0.25, 0.3) is 0 Å². The monoisotopic (exact) mass is 397 g/mol. The van der Waals surface area contributed by atoms with Crippen LogP contribution in [0.15, 0.2) is 48.5 Å². The Labute approximate surface area is 174 Å². The summed E-state index contributed by atoms with van der Waals surface area (Å²) in [6.45, 7) is 3.10. The summed E-state index contributed by atoms with van der Waals surface area (Å²) in [6, 6.07) is 16.5. The van der Waals surface area contributed by atoms with Crippen molar-refractivity contribution in [2.75, 3.05) is 7.05 Å². The van der Waals surface area contributed by atoms with E-state index < -0.39 is 11.3 Å². The first-order valence-electron chi connectivity index (χ1n) is 11.2. The molecule has 1 unspecified atom stereocenters. The van der Waals surface area contributed by atoms with Gasteiger partial charge in [-0.1, -0.05) is 48.5 Å². The van der Waals surface area contributed by atoms with Gasteiger partial charge in [0.05, 0.1) is 0 Å². The summed E-state index contributed by atoms with van der Waals surface area (Å²) in [4.78, 5) is 2.33. The van der Waals surface area contributed by atoms with Gasteiger partial charge in [0.15, 0.2) is 0 Å². The molecule has 2 fully saturated rings. The quantitative estimate of drug-likeness (QED) is 0.471. The number of nitrogens with zero attached hydrogens (tertiary/aromatic N) is 1. The molecule has 29 heavy (non-hydrogen) atoms. The lowest BCUT2D eigenvalue weighted by Gasteiger charge is -2.40. The summed E-state index contributed by atoms with van der Waals surface area (Å²) >= 11 is 0. The highest BCUT2D eigenvalue weighted by Crippen LogP contribution is 2.51. The summed E-state index contributed by atoms with van der Waals surface area (Å²) in [5, 5.41) is 0. The lowest BCUT2D eigenvalue weighted by atomic mass is 9.69. The average Bonchev–Trinajstić information content (AvgIpc) is 2.69. The minimum atomic E-state index is -1.25. The normalized spacial score (nSPS) is 20.7. The first kappa shape index (κ1) is 20.5. The molecule has 0 N–H and O–H groups in total. The third-order valence-corrected chi connectivity index (χ3v) is 7.27. The molecule has 2 aromatic carbocycles. The molecule has 2 aromatic rings. The van der Waals surface area contributed by atoms with E-state index in [1.165, 1.54) is 5.56 Å². The third-order valence-electron chi connectivity index (χ3n) is 7.27. The molecule has 1 nitrogen and oxygen atoms in total. The van der Waals surface area contributed by atoms with Gasteiger partial charge in [-0.05, 0) is 87.6 Å². The third kappa shape index (κ3) is 4.12. The van der Waals surface area contributed by atoms with Gasteiger partial charge in [-0.25, -0.2) is 8.78 Å². The van der Waals surface area contributed by atoms with Crippen LogP contribution in [0.4, 0.5) is 8.78 Å². The number of benzene rings is 2. The Bertz CT molecular complexity index is 786. The van der Waals surface area contributed by atoms with E-state index in [0.29, 0.717) is 31.7 Å². The molecule has 2 aliphatic rings. The van der Waals surface area contributed by atoms with E-state index in [0.717, 1.165) is 48.9 Å². The Balaban J connectivity index is 1.52. The molecule has 0 amide bonds. The molecule has 1 atom stereocenters. The number of hydrogen-bond donors (Lipinski definition) is 0. The van der Waals surface area contributed by atoms with Crippen molar-refractivity contribution in [2.24, 2.45) is 0 Å². The van der Waals surface area contributed by atoms with Crippen molar-refractivity contribution in [2.45, 2.75) is 82.2 Å². The fraction of sp³-hybridized carbons (Fsp3) is 0.538. The summed E-state index contributed by atoms with van der Waals surface area (Å²) in [5.41, 5.74) is 1.29. The summed E-state index contributed by atoms with van der Waals surface area (Å²) < 4.78 is 30.9. The highest BCUT2D eigenvalue weighted by molar-refractivity contribution is 5.44. The Morgan fingerprint density at radius 1 is 0.862 bits per heavy atom. The van der Waals surface area contributed by atoms with Gasteiger partial charge in [-0.15, -0.1) is 0 Å². The van der Waals surface area contributed by atoms with Crippen LogP contribution >= 0.6 is 0 Å². The van der Waals surface area contributed by atoms with Gasteiger partial charge >= 0.3 is 0 Å². The van der Waals surface area contributed by atoms with Crippen LogP contribution in [-0.4, -0.2) is 18.0 Å². The molecule has 2 aliphatic carbocycles. The Morgan fingerprint density at radius 2 is 1.41 bits per heavy atom. The molecular formula is C26H33F2N. The number of halogens is 2. The first-order chi connectivity index (χ1) is 13.9. The van der Waals surface area contributed by atoms with Crippen molar-refractivity contribution in [3.8, 4) is 0 Å². The highest BCUT2D eigenvalue weighted by Gasteiger charge is 2.45. The van der Waals surface area contributed by atoms with Crippen molar-refractivity contribution in [3.05, 3.63) is 70.8 Å².